The Labute approximate surface area is 123 Å². The Morgan fingerprint density at radius 2 is 2.00 bits per heavy atom. The minimum Gasteiger partial charge on any atom is -0.480 e. The first kappa shape index (κ1) is 15.0. The highest BCUT2D eigenvalue weighted by molar-refractivity contribution is 5.96. The van der Waals surface area contributed by atoms with Crippen molar-refractivity contribution >= 4 is 11.9 Å². The molecule has 1 aromatic carbocycles. The highest BCUT2D eigenvalue weighted by Gasteiger charge is 2.30. The molecule has 110 valence electrons. The van der Waals surface area contributed by atoms with Crippen LogP contribution in [0.15, 0.2) is 24.3 Å². The molecule has 1 unspecified atom stereocenters. The lowest BCUT2D eigenvalue weighted by atomic mass is 9.84. The van der Waals surface area contributed by atoms with Gasteiger partial charge in [-0.25, -0.2) is 4.79 Å². The average Bonchev–Trinajstić information content (AvgIpc) is 2.53. The SMILES string of the molecule is N#Cc1cccc(C(=O)NC(C(=O)O)C2CCCCC2)c1. The van der Waals surface area contributed by atoms with Gasteiger partial charge in [0.25, 0.3) is 5.91 Å². The lowest BCUT2D eigenvalue weighted by Crippen LogP contribution is -2.46. The average molecular weight is 286 g/mol. The second-order valence-corrected chi connectivity index (χ2v) is 5.38. The van der Waals surface area contributed by atoms with Gasteiger partial charge in [0, 0.05) is 5.56 Å². The first-order valence-electron chi connectivity index (χ1n) is 7.15. The molecular formula is C16H18N2O3. The van der Waals surface area contributed by atoms with Crippen molar-refractivity contribution in [2.45, 2.75) is 38.1 Å². The van der Waals surface area contributed by atoms with E-state index in [1.807, 2.05) is 6.07 Å². The maximum atomic E-state index is 12.2. The summed E-state index contributed by atoms with van der Waals surface area (Å²) in [6, 6.07) is 7.37. The number of carbonyl (C=O) groups excluding carboxylic acids is 1. The fourth-order valence-corrected chi connectivity index (χ4v) is 2.80. The van der Waals surface area contributed by atoms with Gasteiger partial charge < -0.3 is 10.4 Å². The molecule has 1 aromatic rings. The van der Waals surface area contributed by atoms with Crippen LogP contribution in [0.2, 0.25) is 0 Å². The van der Waals surface area contributed by atoms with Gasteiger partial charge >= 0.3 is 5.97 Å². The van der Waals surface area contributed by atoms with E-state index in [1.165, 1.54) is 6.07 Å². The van der Waals surface area contributed by atoms with Gasteiger partial charge in [0.2, 0.25) is 0 Å². The van der Waals surface area contributed by atoms with E-state index >= 15 is 0 Å². The van der Waals surface area contributed by atoms with Gasteiger partial charge in [0.1, 0.15) is 6.04 Å². The molecule has 0 bridgehead atoms. The summed E-state index contributed by atoms with van der Waals surface area (Å²) < 4.78 is 0. The second-order valence-electron chi connectivity index (χ2n) is 5.38. The minimum atomic E-state index is -0.994. The minimum absolute atomic E-state index is 0.0145. The number of hydrogen-bond donors (Lipinski definition) is 2. The largest absolute Gasteiger partial charge is 0.480 e. The predicted octanol–water partition coefficient (Wildman–Crippen LogP) is 2.32. The van der Waals surface area contributed by atoms with Crippen molar-refractivity contribution < 1.29 is 14.7 Å². The van der Waals surface area contributed by atoms with E-state index in [0.29, 0.717) is 11.1 Å². The quantitative estimate of drug-likeness (QED) is 0.888. The molecule has 1 amide bonds. The summed E-state index contributed by atoms with van der Waals surface area (Å²) in [4.78, 5) is 23.6. The third-order valence-corrected chi connectivity index (χ3v) is 3.93. The van der Waals surface area contributed by atoms with E-state index in [9.17, 15) is 14.7 Å². The van der Waals surface area contributed by atoms with Crippen LogP contribution in [-0.4, -0.2) is 23.0 Å². The van der Waals surface area contributed by atoms with Crippen LogP contribution in [0.4, 0.5) is 0 Å². The molecule has 0 saturated heterocycles. The zero-order chi connectivity index (χ0) is 15.2. The molecule has 2 rings (SSSR count). The van der Waals surface area contributed by atoms with Crippen molar-refractivity contribution in [1.29, 1.82) is 5.26 Å². The van der Waals surface area contributed by atoms with Gasteiger partial charge in [0.15, 0.2) is 0 Å². The summed E-state index contributed by atoms with van der Waals surface area (Å²) in [5.74, 6) is -1.45. The van der Waals surface area contributed by atoms with Crippen molar-refractivity contribution in [2.24, 2.45) is 5.92 Å². The van der Waals surface area contributed by atoms with Crippen LogP contribution in [0.25, 0.3) is 0 Å². The predicted molar refractivity (Wildman–Crippen MR) is 76.6 cm³/mol. The topological polar surface area (TPSA) is 90.2 Å². The number of hydrogen-bond acceptors (Lipinski definition) is 3. The molecule has 0 spiro atoms. The number of carbonyl (C=O) groups is 2. The fourth-order valence-electron chi connectivity index (χ4n) is 2.80. The van der Waals surface area contributed by atoms with E-state index in [2.05, 4.69) is 5.32 Å². The first-order chi connectivity index (χ1) is 10.1. The number of amides is 1. The molecule has 21 heavy (non-hydrogen) atoms. The molecular weight excluding hydrogens is 268 g/mol. The second kappa shape index (κ2) is 6.89. The lowest BCUT2D eigenvalue weighted by molar-refractivity contribution is -0.141. The van der Waals surface area contributed by atoms with Crippen LogP contribution in [0.1, 0.15) is 48.0 Å². The van der Waals surface area contributed by atoms with Crippen LogP contribution in [0.3, 0.4) is 0 Å². The molecule has 5 nitrogen and oxygen atoms in total. The normalized spacial score (nSPS) is 16.7. The number of carboxylic acid groups (broad SMARTS) is 1. The van der Waals surface area contributed by atoms with Crippen LogP contribution < -0.4 is 5.32 Å². The zero-order valence-corrected chi connectivity index (χ0v) is 11.7. The van der Waals surface area contributed by atoms with E-state index in [1.54, 1.807) is 18.2 Å². The molecule has 0 aromatic heterocycles. The van der Waals surface area contributed by atoms with Crippen molar-refractivity contribution in [3.63, 3.8) is 0 Å². The number of nitrogens with zero attached hydrogens (tertiary/aromatic N) is 1. The number of benzene rings is 1. The van der Waals surface area contributed by atoms with Crippen LogP contribution in [0.5, 0.6) is 0 Å². The highest BCUT2D eigenvalue weighted by Crippen LogP contribution is 2.26. The monoisotopic (exact) mass is 286 g/mol. The number of nitrogens with one attached hydrogen (secondary N) is 1. The van der Waals surface area contributed by atoms with Gasteiger partial charge in [-0.3, -0.25) is 4.79 Å². The van der Waals surface area contributed by atoms with Crippen molar-refractivity contribution in [3.8, 4) is 6.07 Å². The van der Waals surface area contributed by atoms with Gasteiger partial charge in [-0.1, -0.05) is 25.3 Å². The molecule has 1 aliphatic rings. The molecule has 5 heteroatoms. The third kappa shape index (κ3) is 3.82. The lowest BCUT2D eigenvalue weighted by Gasteiger charge is -2.28. The fraction of sp³-hybridized carbons (Fsp3) is 0.438. The van der Waals surface area contributed by atoms with Crippen LogP contribution in [0, 0.1) is 17.2 Å². The molecule has 0 heterocycles. The number of nitriles is 1. The summed E-state index contributed by atoms with van der Waals surface area (Å²) in [5.41, 5.74) is 0.698. The van der Waals surface area contributed by atoms with Crippen molar-refractivity contribution in [3.05, 3.63) is 35.4 Å². The van der Waals surface area contributed by atoms with Crippen molar-refractivity contribution in [1.82, 2.24) is 5.32 Å². The van der Waals surface area contributed by atoms with E-state index in [4.69, 9.17) is 5.26 Å². The third-order valence-electron chi connectivity index (χ3n) is 3.93. The van der Waals surface area contributed by atoms with Crippen LogP contribution in [-0.2, 0) is 4.79 Å². The Hall–Kier alpha value is -2.35. The molecule has 1 saturated carbocycles. The number of aliphatic carboxylic acids is 1. The van der Waals surface area contributed by atoms with E-state index in [-0.39, 0.29) is 5.92 Å². The van der Waals surface area contributed by atoms with E-state index in [0.717, 1.165) is 32.1 Å². The van der Waals surface area contributed by atoms with Gasteiger partial charge in [-0.15, -0.1) is 0 Å². The van der Waals surface area contributed by atoms with Crippen LogP contribution >= 0.6 is 0 Å². The maximum Gasteiger partial charge on any atom is 0.326 e. The van der Waals surface area contributed by atoms with Gasteiger partial charge in [-0.2, -0.15) is 5.26 Å². The summed E-state index contributed by atoms with van der Waals surface area (Å²) in [5, 5.41) is 20.8. The Balaban J connectivity index is 2.10. The standard InChI is InChI=1S/C16H18N2O3/c17-10-11-5-4-8-13(9-11)15(19)18-14(16(20)21)12-6-2-1-3-7-12/h4-5,8-9,12,14H,1-3,6-7H2,(H,18,19)(H,20,21). The molecule has 2 N–H and O–H groups in total. The summed E-state index contributed by atoms with van der Waals surface area (Å²) >= 11 is 0. The maximum absolute atomic E-state index is 12.2. The van der Waals surface area contributed by atoms with Gasteiger partial charge in [0.05, 0.1) is 11.6 Å². The highest BCUT2D eigenvalue weighted by atomic mass is 16.4. The Bertz CT molecular complexity index is 571. The smallest absolute Gasteiger partial charge is 0.326 e. The Morgan fingerprint density at radius 1 is 1.29 bits per heavy atom. The van der Waals surface area contributed by atoms with Gasteiger partial charge in [-0.05, 0) is 37.0 Å². The molecule has 1 aliphatic carbocycles. The van der Waals surface area contributed by atoms with E-state index < -0.39 is 17.9 Å². The number of carboxylic acids is 1. The molecule has 0 radical (unpaired) electrons. The Kier molecular flexibility index (Phi) is 4.94. The Morgan fingerprint density at radius 3 is 2.62 bits per heavy atom. The molecule has 0 aliphatic heterocycles. The molecule has 1 atom stereocenters. The zero-order valence-electron chi connectivity index (χ0n) is 11.7. The summed E-state index contributed by atoms with van der Waals surface area (Å²) in [6.07, 6.45) is 4.80. The number of rotatable bonds is 4. The van der Waals surface area contributed by atoms with Crippen molar-refractivity contribution in [2.75, 3.05) is 0 Å². The molecule has 1 fully saturated rings. The summed E-state index contributed by atoms with van der Waals surface area (Å²) in [6.45, 7) is 0. The first-order valence-corrected chi connectivity index (χ1v) is 7.15. The summed E-state index contributed by atoms with van der Waals surface area (Å²) in [7, 11) is 0.